The summed E-state index contributed by atoms with van der Waals surface area (Å²) in [4.78, 5) is 26.8. The van der Waals surface area contributed by atoms with Gasteiger partial charge >= 0.3 is 5.97 Å². The van der Waals surface area contributed by atoms with Crippen molar-refractivity contribution in [3.8, 4) is 5.75 Å². The minimum absolute atomic E-state index is 0.182. The maximum absolute atomic E-state index is 13.3. The monoisotopic (exact) mass is 573 g/mol. The average Bonchev–Trinajstić information content (AvgIpc) is 3.08. The third kappa shape index (κ3) is 5.36. The summed E-state index contributed by atoms with van der Waals surface area (Å²) < 4.78 is 6.98. The second-order valence-corrected chi connectivity index (χ2v) is 10.3. The molecule has 1 saturated heterocycles. The number of nitrogens with zero attached hydrogens (tertiary/aromatic N) is 1. The molecule has 0 bridgehead atoms. The number of rotatable bonds is 7. The average molecular weight is 575 g/mol. The van der Waals surface area contributed by atoms with E-state index in [0.717, 1.165) is 26.7 Å². The Morgan fingerprint density at radius 2 is 1.85 bits per heavy atom. The number of benzene rings is 3. The number of ether oxygens (including phenoxy) is 1. The molecule has 9 heteroatoms. The third-order valence-corrected chi connectivity index (χ3v) is 7.22. The fourth-order valence-electron chi connectivity index (χ4n) is 3.42. The molecule has 1 aliphatic heterocycles. The summed E-state index contributed by atoms with van der Waals surface area (Å²) in [5.74, 6) is -1.08. The summed E-state index contributed by atoms with van der Waals surface area (Å²) in [7, 11) is 0. The lowest BCUT2D eigenvalue weighted by Gasteiger charge is -2.23. The van der Waals surface area contributed by atoms with Crippen molar-refractivity contribution in [3.63, 3.8) is 0 Å². The van der Waals surface area contributed by atoms with E-state index in [9.17, 15) is 14.7 Å². The number of amides is 1. The van der Waals surface area contributed by atoms with Gasteiger partial charge in [-0.05, 0) is 35.9 Å². The summed E-state index contributed by atoms with van der Waals surface area (Å²) >= 11 is 16.2. The van der Waals surface area contributed by atoms with Gasteiger partial charge in [-0.25, -0.2) is 4.79 Å². The third-order valence-electron chi connectivity index (χ3n) is 5.03. The number of carboxylic acid groups (broad SMARTS) is 1. The van der Waals surface area contributed by atoms with E-state index in [2.05, 4.69) is 15.9 Å². The predicted molar refractivity (Wildman–Crippen MR) is 142 cm³/mol. The van der Waals surface area contributed by atoms with Crippen molar-refractivity contribution < 1.29 is 19.4 Å². The minimum atomic E-state index is -1.21. The Hall–Kier alpha value is -2.65. The molecule has 0 unspecified atom stereocenters. The van der Waals surface area contributed by atoms with E-state index in [1.165, 1.54) is 0 Å². The zero-order chi connectivity index (χ0) is 24.2. The van der Waals surface area contributed by atoms with Crippen LogP contribution in [0, 0.1) is 0 Å². The maximum Gasteiger partial charge on any atom is 0.331 e. The Morgan fingerprint density at radius 3 is 2.56 bits per heavy atom. The lowest BCUT2D eigenvalue weighted by Crippen LogP contribution is -2.37. The van der Waals surface area contributed by atoms with Crippen LogP contribution in [0.1, 0.15) is 22.7 Å². The molecule has 3 aromatic carbocycles. The number of hydrogen-bond donors (Lipinski definition) is 1. The van der Waals surface area contributed by atoms with Gasteiger partial charge < -0.3 is 9.84 Å². The molecule has 0 radical (unpaired) electrons. The number of thioether (sulfide) groups is 1. The number of thiocarbonyl (C=S) groups is 1. The van der Waals surface area contributed by atoms with E-state index in [1.807, 2.05) is 30.3 Å². The van der Waals surface area contributed by atoms with E-state index < -0.39 is 17.9 Å². The van der Waals surface area contributed by atoms with Crippen molar-refractivity contribution in [3.05, 3.63) is 104 Å². The first kappa shape index (κ1) is 24.5. The van der Waals surface area contributed by atoms with Gasteiger partial charge in [-0.2, -0.15) is 0 Å². The molecular weight excluding hydrogens is 558 g/mol. The molecule has 4 rings (SSSR count). The van der Waals surface area contributed by atoms with E-state index >= 15 is 0 Å². The normalized spacial score (nSPS) is 15.6. The van der Waals surface area contributed by atoms with Crippen molar-refractivity contribution in [2.75, 3.05) is 0 Å². The lowest BCUT2D eigenvalue weighted by molar-refractivity contribution is -0.145. The van der Waals surface area contributed by atoms with Crippen molar-refractivity contribution in [2.24, 2.45) is 0 Å². The van der Waals surface area contributed by atoms with Crippen LogP contribution in [-0.2, 0) is 16.2 Å². The Morgan fingerprint density at radius 1 is 1.15 bits per heavy atom. The molecule has 172 valence electrons. The van der Waals surface area contributed by atoms with Gasteiger partial charge in [0.2, 0.25) is 0 Å². The van der Waals surface area contributed by atoms with Crippen molar-refractivity contribution in [1.82, 2.24) is 4.90 Å². The molecule has 0 aromatic heterocycles. The van der Waals surface area contributed by atoms with Crippen LogP contribution < -0.4 is 4.74 Å². The highest BCUT2D eigenvalue weighted by atomic mass is 79.9. The Labute approximate surface area is 219 Å². The Bertz CT molecular complexity index is 1300. The topological polar surface area (TPSA) is 66.8 Å². The fraction of sp³-hybridized carbons (Fsp3) is 0.0800. The Kier molecular flexibility index (Phi) is 7.73. The van der Waals surface area contributed by atoms with Crippen LogP contribution >= 0.6 is 51.5 Å². The van der Waals surface area contributed by atoms with Gasteiger partial charge in [-0.15, -0.1) is 0 Å². The van der Waals surface area contributed by atoms with Crippen LogP contribution in [0.3, 0.4) is 0 Å². The number of aliphatic carboxylic acids is 1. The number of carbonyl (C=O) groups is 2. The van der Waals surface area contributed by atoms with Gasteiger partial charge in [-0.1, -0.05) is 100 Å². The minimum Gasteiger partial charge on any atom is -0.488 e. The van der Waals surface area contributed by atoms with E-state index in [0.29, 0.717) is 26.8 Å². The van der Waals surface area contributed by atoms with Crippen LogP contribution in [0.2, 0.25) is 5.02 Å². The number of hydrogen-bond acceptors (Lipinski definition) is 5. The second kappa shape index (κ2) is 10.7. The van der Waals surface area contributed by atoms with Crippen LogP contribution in [-0.4, -0.2) is 26.2 Å². The van der Waals surface area contributed by atoms with Gasteiger partial charge in [0.05, 0.1) is 4.91 Å². The van der Waals surface area contributed by atoms with Gasteiger partial charge in [0, 0.05) is 20.6 Å². The summed E-state index contributed by atoms with van der Waals surface area (Å²) in [5, 5.41) is 10.5. The number of carboxylic acids is 1. The molecule has 5 nitrogen and oxygen atoms in total. The summed E-state index contributed by atoms with van der Waals surface area (Å²) in [5.41, 5.74) is 1.95. The zero-order valence-electron chi connectivity index (χ0n) is 17.5. The molecule has 0 saturated carbocycles. The molecule has 34 heavy (non-hydrogen) atoms. The first-order valence-corrected chi connectivity index (χ1v) is 12.5. The van der Waals surface area contributed by atoms with Crippen LogP contribution in [0.25, 0.3) is 6.08 Å². The summed E-state index contributed by atoms with van der Waals surface area (Å²) in [6, 6.07) is 20.2. The highest BCUT2D eigenvalue weighted by Crippen LogP contribution is 2.39. The molecule has 1 N–H and O–H groups in total. The van der Waals surface area contributed by atoms with Crippen LogP contribution in [0.4, 0.5) is 0 Å². The van der Waals surface area contributed by atoms with E-state index in [1.54, 1.807) is 48.5 Å². The zero-order valence-corrected chi connectivity index (χ0v) is 21.5. The molecule has 0 spiro atoms. The van der Waals surface area contributed by atoms with E-state index in [-0.39, 0.29) is 10.9 Å². The molecular formula is C25H17BrClNO4S2. The first-order valence-electron chi connectivity index (χ1n) is 10.1. The molecule has 0 aliphatic carbocycles. The standard InChI is InChI=1S/C25H17BrClNO4S2/c26-18-10-11-20(32-14-16-8-4-5-9-19(16)27)17(12-18)13-21-23(29)28(25(33)34-21)22(24(30)31)15-6-2-1-3-7-15/h1-13,22H,14H2,(H,30,31)/b21-13-/t22-/m1/s1. The van der Waals surface area contributed by atoms with Crippen molar-refractivity contribution >= 4 is 73.8 Å². The summed E-state index contributed by atoms with van der Waals surface area (Å²) in [6.07, 6.45) is 1.66. The number of carbonyl (C=O) groups excluding carboxylic acids is 1. The van der Waals surface area contributed by atoms with Gasteiger partial charge in [0.15, 0.2) is 6.04 Å². The Balaban J connectivity index is 1.64. The molecule has 1 heterocycles. The first-order chi connectivity index (χ1) is 16.3. The SMILES string of the molecule is O=C(O)[C@@H](c1ccccc1)N1C(=O)/C(=C/c2cc(Br)ccc2OCc2ccccc2Cl)SC1=S. The number of halogens is 2. The molecule has 1 atom stereocenters. The molecule has 1 aliphatic rings. The lowest BCUT2D eigenvalue weighted by atomic mass is 10.1. The highest BCUT2D eigenvalue weighted by molar-refractivity contribution is 9.10. The van der Waals surface area contributed by atoms with Gasteiger partial charge in [-0.3, -0.25) is 9.69 Å². The predicted octanol–water partition coefficient (Wildman–Crippen LogP) is 6.71. The highest BCUT2D eigenvalue weighted by Gasteiger charge is 2.41. The van der Waals surface area contributed by atoms with Gasteiger partial charge in [0.25, 0.3) is 5.91 Å². The molecule has 1 fully saturated rings. The second-order valence-electron chi connectivity index (χ2n) is 7.27. The van der Waals surface area contributed by atoms with Gasteiger partial charge in [0.1, 0.15) is 16.7 Å². The fourth-order valence-corrected chi connectivity index (χ4v) is 5.29. The summed E-state index contributed by atoms with van der Waals surface area (Å²) in [6.45, 7) is 0.248. The quantitative estimate of drug-likeness (QED) is 0.250. The van der Waals surface area contributed by atoms with Crippen molar-refractivity contribution in [1.29, 1.82) is 0 Å². The van der Waals surface area contributed by atoms with E-state index in [4.69, 9.17) is 28.6 Å². The van der Waals surface area contributed by atoms with Crippen LogP contribution in [0.5, 0.6) is 5.75 Å². The maximum atomic E-state index is 13.3. The molecule has 1 amide bonds. The van der Waals surface area contributed by atoms with Crippen LogP contribution in [0.15, 0.2) is 82.2 Å². The smallest absolute Gasteiger partial charge is 0.331 e. The largest absolute Gasteiger partial charge is 0.488 e. The van der Waals surface area contributed by atoms with Crippen molar-refractivity contribution in [2.45, 2.75) is 12.6 Å². The molecule has 3 aromatic rings.